The summed E-state index contributed by atoms with van der Waals surface area (Å²) in [7, 11) is 0. The third kappa shape index (κ3) is 2.57. The lowest BCUT2D eigenvalue weighted by atomic mass is 9.95. The van der Waals surface area contributed by atoms with E-state index in [2.05, 4.69) is 15.3 Å². The quantitative estimate of drug-likeness (QED) is 0.860. The molecular weight excluding hydrogens is 244 g/mol. The molecule has 1 saturated heterocycles. The van der Waals surface area contributed by atoms with Crippen molar-refractivity contribution in [3.05, 3.63) is 24.3 Å². The maximum absolute atomic E-state index is 12.4. The van der Waals surface area contributed by atoms with Crippen molar-refractivity contribution in [2.45, 2.75) is 45.3 Å². The molecular formula is C13H18N4O2. The zero-order valence-electron chi connectivity index (χ0n) is 11.4. The minimum Gasteiger partial charge on any atom is -0.340 e. The Balaban J connectivity index is 2.28. The van der Waals surface area contributed by atoms with E-state index < -0.39 is 11.6 Å². The third-order valence-electron chi connectivity index (χ3n) is 3.27. The summed E-state index contributed by atoms with van der Waals surface area (Å²) in [5, 5.41) is 2.76. The van der Waals surface area contributed by atoms with Gasteiger partial charge in [-0.05, 0) is 26.3 Å². The number of rotatable bonds is 3. The summed E-state index contributed by atoms with van der Waals surface area (Å²) in [6.07, 6.45) is 3.65. The maximum atomic E-state index is 12.4. The van der Waals surface area contributed by atoms with Gasteiger partial charge in [-0.25, -0.2) is 9.97 Å². The number of aromatic nitrogens is 2. The van der Waals surface area contributed by atoms with Crippen LogP contribution in [0.2, 0.25) is 0 Å². The van der Waals surface area contributed by atoms with E-state index in [4.69, 9.17) is 0 Å². The molecule has 1 unspecified atom stereocenters. The number of piperazine rings is 1. The summed E-state index contributed by atoms with van der Waals surface area (Å²) in [6.45, 7) is 5.65. The summed E-state index contributed by atoms with van der Waals surface area (Å²) in [5.74, 6) is -0.196. The number of carbonyl (C=O) groups is 2. The zero-order chi connectivity index (χ0) is 14.0. The Morgan fingerprint density at radius 1 is 1.42 bits per heavy atom. The van der Waals surface area contributed by atoms with Gasteiger partial charge in [0.25, 0.3) is 0 Å². The van der Waals surface area contributed by atoms with E-state index in [1.807, 2.05) is 6.92 Å². The highest BCUT2D eigenvalue weighted by Gasteiger charge is 2.44. The first-order chi connectivity index (χ1) is 8.95. The molecule has 2 heterocycles. The SMILES string of the molecule is CCC1C(=O)NC(C)(C)C(=O)N1Cc1ccncn1. The molecule has 1 aliphatic heterocycles. The highest BCUT2D eigenvalue weighted by atomic mass is 16.2. The van der Waals surface area contributed by atoms with Crippen LogP contribution >= 0.6 is 0 Å². The number of carbonyl (C=O) groups excluding carboxylic acids is 2. The van der Waals surface area contributed by atoms with Crippen molar-refractivity contribution in [2.75, 3.05) is 0 Å². The first-order valence-electron chi connectivity index (χ1n) is 6.33. The molecule has 0 aliphatic carbocycles. The predicted molar refractivity (Wildman–Crippen MR) is 68.9 cm³/mol. The van der Waals surface area contributed by atoms with Gasteiger partial charge in [-0.3, -0.25) is 9.59 Å². The lowest BCUT2D eigenvalue weighted by molar-refractivity contribution is -0.154. The van der Waals surface area contributed by atoms with E-state index in [0.717, 1.165) is 5.69 Å². The van der Waals surface area contributed by atoms with Gasteiger partial charge in [0.2, 0.25) is 11.8 Å². The molecule has 19 heavy (non-hydrogen) atoms. The van der Waals surface area contributed by atoms with Crippen LogP contribution in [0.3, 0.4) is 0 Å². The van der Waals surface area contributed by atoms with Crippen molar-refractivity contribution in [3.63, 3.8) is 0 Å². The average molecular weight is 262 g/mol. The average Bonchev–Trinajstić information content (AvgIpc) is 2.37. The highest BCUT2D eigenvalue weighted by Crippen LogP contribution is 2.21. The Morgan fingerprint density at radius 2 is 2.16 bits per heavy atom. The molecule has 0 spiro atoms. The fourth-order valence-electron chi connectivity index (χ4n) is 2.26. The molecule has 1 atom stereocenters. The van der Waals surface area contributed by atoms with Crippen molar-refractivity contribution < 1.29 is 9.59 Å². The van der Waals surface area contributed by atoms with Crippen LogP contribution in [0, 0.1) is 0 Å². The van der Waals surface area contributed by atoms with Gasteiger partial charge in [0.05, 0.1) is 12.2 Å². The van der Waals surface area contributed by atoms with Crippen LogP contribution in [0.1, 0.15) is 32.9 Å². The molecule has 0 saturated carbocycles. The van der Waals surface area contributed by atoms with Crippen LogP contribution < -0.4 is 5.32 Å². The van der Waals surface area contributed by atoms with Crippen molar-refractivity contribution in [1.29, 1.82) is 0 Å². The zero-order valence-corrected chi connectivity index (χ0v) is 11.4. The van der Waals surface area contributed by atoms with Crippen LogP contribution in [0.4, 0.5) is 0 Å². The second kappa shape index (κ2) is 4.95. The third-order valence-corrected chi connectivity index (χ3v) is 3.27. The molecule has 6 nitrogen and oxygen atoms in total. The van der Waals surface area contributed by atoms with Crippen LogP contribution in [0.15, 0.2) is 18.6 Å². The van der Waals surface area contributed by atoms with Crippen LogP contribution in [-0.2, 0) is 16.1 Å². The molecule has 1 fully saturated rings. The first-order valence-corrected chi connectivity index (χ1v) is 6.33. The van der Waals surface area contributed by atoms with Crippen LogP contribution in [0.5, 0.6) is 0 Å². The summed E-state index contributed by atoms with van der Waals surface area (Å²) >= 11 is 0. The van der Waals surface area contributed by atoms with Gasteiger partial charge in [0, 0.05) is 6.20 Å². The standard InChI is InChI=1S/C13H18N4O2/c1-4-10-11(18)16-13(2,3)12(19)17(10)7-9-5-6-14-8-15-9/h5-6,8,10H,4,7H2,1-3H3,(H,16,18). The van der Waals surface area contributed by atoms with Crippen molar-refractivity contribution in [3.8, 4) is 0 Å². The Morgan fingerprint density at radius 3 is 2.74 bits per heavy atom. The largest absolute Gasteiger partial charge is 0.340 e. The maximum Gasteiger partial charge on any atom is 0.248 e. The minimum absolute atomic E-state index is 0.0856. The smallest absolute Gasteiger partial charge is 0.248 e. The molecule has 1 aliphatic rings. The van der Waals surface area contributed by atoms with E-state index in [0.29, 0.717) is 13.0 Å². The molecule has 102 valence electrons. The topological polar surface area (TPSA) is 75.2 Å². The Kier molecular flexibility index (Phi) is 3.50. The van der Waals surface area contributed by atoms with E-state index >= 15 is 0 Å². The van der Waals surface area contributed by atoms with Crippen LogP contribution in [-0.4, -0.2) is 38.3 Å². The van der Waals surface area contributed by atoms with Gasteiger partial charge in [-0.15, -0.1) is 0 Å². The molecule has 6 heteroatoms. The monoisotopic (exact) mass is 262 g/mol. The fraction of sp³-hybridized carbons (Fsp3) is 0.538. The highest BCUT2D eigenvalue weighted by molar-refractivity contribution is 5.99. The second-order valence-corrected chi connectivity index (χ2v) is 5.17. The van der Waals surface area contributed by atoms with Crippen molar-refractivity contribution >= 4 is 11.8 Å². The van der Waals surface area contributed by atoms with Gasteiger partial charge in [0.15, 0.2) is 0 Å². The predicted octanol–water partition coefficient (Wildman–Crippen LogP) is 0.492. The van der Waals surface area contributed by atoms with Gasteiger partial charge >= 0.3 is 0 Å². The molecule has 1 aromatic rings. The molecule has 0 radical (unpaired) electrons. The van der Waals surface area contributed by atoms with E-state index in [1.54, 1.807) is 31.0 Å². The first kappa shape index (κ1) is 13.5. The normalized spacial score (nSPS) is 22.3. The summed E-state index contributed by atoms with van der Waals surface area (Å²) in [4.78, 5) is 34.0. The second-order valence-electron chi connectivity index (χ2n) is 5.17. The van der Waals surface area contributed by atoms with Crippen LogP contribution in [0.25, 0.3) is 0 Å². The van der Waals surface area contributed by atoms with E-state index in [-0.39, 0.29) is 11.8 Å². The molecule has 1 N–H and O–H groups in total. The van der Waals surface area contributed by atoms with Crippen molar-refractivity contribution in [1.82, 2.24) is 20.2 Å². The van der Waals surface area contributed by atoms with Gasteiger partial charge in [-0.1, -0.05) is 6.92 Å². The number of hydrogen-bond acceptors (Lipinski definition) is 4. The number of amides is 2. The summed E-state index contributed by atoms with van der Waals surface area (Å²) < 4.78 is 0. The summed E-state index contributed by atoms with van der Waals surface area (Å²) in [6, 6.07) is 1.31. The summed E-state index contributed by atoms with van der Waals surface area (Å²) in [5.41, 5.74) is -0.136. The Bertz CT molecular complexity index is 487. The van der Waals surface area contributed by atoms with E-state index in [1.165, 1.54) is 6.33 Å². The number of nitrogens with one attached hydrogen (secondary N) is 1. The number of nitrogens with zero attached hydrogens (tertiary/aromatic N) is 3. The fourth-order valence-corrected chi connectivity index (χ4v) is 2.26. The van der Waals surface area contributed by atoms with Gasteiger partial charge in [-0.2, -0.15) is 0 Å². The Labute approximate surface area is 112 Å². The minimum atomic E-state index is -0.865. The Hall–Kier alpha value is -1.98. The van der Waals surface area contributed by atoms with Crippen molar-refractivity contribution in [2.24, 2.45) is 0 Å². The van der Waals surface area contributed by atoms with E-state index in [9.17, 15) is 9.59 Å². The molecule has 0 aromatic carbocycles. The molecule has 1 aromatic heterocycles. The molecule has 2 rings (SSSR count). The van der Waals surface area contributed by atoms with Gasteiger partial charge < -0.3 is 10.2 Å². The number of hydrogen-bond donors (Lipinski definition) is 1. The molecule has 0 bridgehead atoms. The van der Waals surface area contributed by atoms with Gasteiger partial charge in [0.1, 0.15) is 17.9 Å². The lowest BCUT2D eigenvalue weighted by Gasteiger charge is -2.42. The molecule has 2 amide bonds. The lowest BCUT2D eigenvalue weighted by Crippen LogP contribution is -2.67.